The molecular formula is C14H17. The maximum Gasteiger partial charge on any atom is 0.0139 e. The Morgan fingerprint density at radius 3 is 2.43 bits per heavy atom. The van der Waals surface area contributed by atoms with Crippen molar-refractivity contribution in [2.75, 3.05) is 0 Å². The molecule has 1 aromatic carbocycles. The van der Waals surface area contributed by atoms with Crippen LogP contribution in [0.2, 0.25) is 0 Å². The zero-order valence-corrected chi connectivity index (χ0v) is 9.01. The van der Waals surface area contributed by atoms with Gasteiger partial charge < -0.3 is 0 Å². The first-order valence-electron chi connectivity index (χ1n) is 5.26. The van der Waals surface area contributed by atoms with Crippen molar-refractivity contribution in [1.82, 2.24) is 0 Å². The molecule has 73 valence electrons. The van der Waals surface area contributed by atoms with Crippen LogP contribution in [0, 0.1) is 12.3 Å². The molecule has 0 saturated heterocycles. The Bertz CT molecular complexity index is 300. The molecule has 0 aliphatic rings. The summed E-state index contributed by atoms with van der Waals surface area (Å²) in [7, 11) is 0. The van der Waals surface area contributed by atoms with Crippen LogP contribution in [0.4, 0.5) is 0 Å². The number of benzene rings is 1. The van der Waals surface area contributed by atoms with Crippen molar-refractivity contribution < 1.29 is 0 Å². The third-order valence-electron chi connectivity index (χ3n) is 2.70. The lowest BCUT2D eigenvalue weighted by Gasteiger charge is -2.09. The molecule has 0 aliphatic heterocycles. The third kappa shape index (κ3) is 2.92. The van der Waals surface area contributed by atoms with Crippen LogP contribution >= 0.6 is 0 Å². The zero-order chi connectivity index (χ0) is 10.4. The van der Waals surface area contributed by atoms with Gasteiger partial charge in [-0.25, -0.2) is 0 Å². The van der Waals surface area contributed by atoms with E-state index in [2.05, 4.69) is 44.0 Å². The van der Waals surface area contributed by atoms with Gasteiger partial charge in [-0.1, -0.05) is 44.0 Å². The van der Waals surface area contributed by atoms with Gasteiger partial charge in [-0.3, -0.25) is 0 Å². The molecule has 0 saturated carbocycles. The summed E-state index contributed by atoms with van der Waals surface area (Å²) in [4.78, 5) is 0. The highest BCUT2D eigenvalue weighted by molar-refractivity contribution is 5.25. The van der Waals surface area contributed by atoms with Gasteiger partial charge in [0.05, 0.1) is 0 Å². The quantitative estimate of drug-likeness (QED) is 0.627. The predicted molar refractivity (Wildman–Crippen MR) is 60.6 cm³/mol. The summed E-state index contributed by atoms with van der Waals surface area (Å²) < 4.78 is 0. The molecule has 0 heteroatoms. The largest absolute Gasteiger partial charge is 0.0888 e. The summed E-state index contributed by atoms with van der Waals surface area (Å²) in [5, 5.41) is 0. The molecule has 0 fully saturated rings. The Balaban J connectivity index is 2.64. The van der Waals surface area contributed by atoms with Crippen molar-refractivity contribution in [3.8, 4) is 5.92 Å². The van der Waals surface area contributed by atoms with Crippen LogP contribution in [-0.2, 0) is 6.42 Å². The maximum absolute atomic E-state index is 6.84. The van der Waals surface area contributed by atoms with Crippen LogP contribution in [-0.4, -0.2) is 0 Å². The van der Waals surface area contributed by atoms with Crippen LogP contribution in [0.3, 0.4) is 0 Å². The van der Waals surface area contributed by atoms with Gasteiger partial charge in [0.1, 0.15) is 0 Å². The Morgan fingerprint density at radius 1 is 1.29 bits per heavy atom. The van der Waals surface area contributed by atoms with E-state index in [0.717, 1.165) is 12.8 Å². The molecule has 1 atom stereocenters. The first kappa shape index (κ1) is 10.9. The lowest BCUT2D eigenvalue weighted by atomic mass is 9.97. The van der Waals surface area contributed by atoms with Gasteiger partial charge in [0.15, 0.2) is 0 Å². The lowest BCUT2D eigenvalue weighted by Crippen LogP contribution is -1.91. The number of rotatable bonds is 4. The van der Waals surface area contributed by atoms with E-state index in [0.29, 0.717) is 5.92 Å². The van der Waals surface area contributed by atoms with Crippen molar-refractivity contribution in [3.05, 3.63) is 41.8 Å². The minimum Gasteiger partial charge on any atom is -0.0888 e. The number of hydrogen-bond acceptors (Lipinski definition) is 0. The fraction of sp³-hybridized carbons (Fsp3) is 0.429. The van der Waals surface area contributed by atoms with Gasteiger partial charge in [0.2, 0.25) is 0 Å². The molecule has 0 N–H and O–H groups in total. The molecule has 0 amide bonds. The molecule has 1 radical (unpaired) electrons. The molecule has 0 nitrogen and oxygen atoms in total. The van der Waals surface area contributed by atoms with Crippen molar-refractivity contribution in [3.63, 3.8) is 0 Å². The van der Waals surface area contributed by atoms with Gasteiger partial charge in [0, 0.05) is 6.42 Å². The normalized spacial score (nSPS) is 12.1. The van der Waals surface area contributed by atoms with Crippen LogP contribution in [0.25, 0.3) is 0 Å². The summed E-state index contributed by atoms with van der Waals surface area (Å²) in [6.45, 7) is 4.46. The van der Waals surface area contributed by atoms with E-state index >= 15 is 0 Å². The summed E-state index contributed by atoms with van der Waals surface area (Å²) in [6.07, 6.45) is 9.69. The van der Waals surface area contributed by atoms with Crippen LogP contribution in [0.1, 0.15) is 43.7 Å². The predicted octanol–water partition coefficient (Wildman–Crippen LogP) is 3.72. The maximum atomic E-state index is 6.84. The molecule has 0 aliphatic carbocycles. The third-order valence-corrected chi connectivity index (χ3v) is 2.70. The Labute approximate surface area is 87.4 Å². The summed E-state index contributed by atoms with van der Waals surface area (Å²) >= 11 is 0. The Morgan fingerprint density at radius 2 is 1.93 bits per heavy atom. The second-order valence-corrected chi connectivity index (χ2v) is 3.73. The minimum absolute atomic E-state index is 0.651. The average Bonchev–Trinajstić information content (AvgIpc) is 2.26. The van der Waals surface area contributed by atoms with Crippen molar-refractivity contribution in [2.24, 2.45) is 0 Å². The van der Waals surface area contributed by atoms with Crippen molar-refractivity contribution >= 4 is 0 Å². The summed E-state index contributed by atoms with van der Waals surface area (Å²) in [6, 6.07) is 8.73. The lowest BCUT2D eigenvalue weighted by molar-refractivity contribution is 0.733. The van der Waals surface area contributed by atoms with Gasteiger partial charge in [0.25, 0.3) is 0 Å². The van der Waals surface area contributed by atoms with E-state index in [1.165, 1.54) is 17.5 Å². The van der Waals surface area contributed by atoms with E-state index in [-0.39, 0.29) is 0 Å². The second kappa shape index (κ2) is 5.50. The number of hydrogen-bond donors (Lipinski definition) is 0. The fourth-order valence-electron chi connectivity index (χ4n) is 1.46. The van der Waals surface area contributed by atoms with Crippen LogP contribution in [0.5, 0.6) is 0 Å². The second-order valence-electron chi connectivity index (χ2n) is 3.73. The Kier molecular flexibility index (Phi) is 4.26. The van der Waals surface area contributed by atoms with E-state index in [4.69, 9.17) is 6.42 Å². The molecule has 0 spiro atoms. The van der Waals surface area contributed by atoms with Gasteiger partial charge in [-0.05, 0) is 36.3 Å². The molecule has 0 heterocycles. The number of aryl methyl sites for hydroxylation is 1. The molecule has 1 aromatic rings. The molecule has 1 unspecified atom stereocenters. The molecule has 1 rings (SSSR count). The summed E-state index contributed by atoms with van der Waals surface area (Å²) in [5.74, 6) is 3.07. The SMILES string of the molecule is [C]#CCCc1ccc(C(C)CC)cc1. The van der Waals surface area contributed by atoms with E-state index < -0.39 is 0 Å². The van der Waals surface area contributed by atoms with Crippen molar-refractivity contribution in [2.45, 2.75) is 39.0 Å². The first-order chi connectivity index (χ1) is 6.77. The first-order valence-corrected chi connectivity index (χ1v) is 5.26. The Hall–Kier alpha value is -1.22. The fourth-order valence-corrected chi connectivity index (χ4v) is 1.46. The molecule has 14 heavy (non-hydrogen) atoms. The van der Waals surface area contributed by atoms with E-state index in [9.17, 15) is 0 Å². The highest BCUT2D eigenvalue weighted by Crippen LogP contribution is 2.19. The molecular weight excluding hydrogens is 168 g/mol. The smallest absolute Gasteiger partial charge is 0.0139 e. The van der Waals surface area contributed by atoms with E-state index in [1.54, 1.807) is 0 Å². The van der Waals surface area contributed by atoms with Gasteiger partial charge in [-0.2, -0.15) is 0 Å². The topological polar surface area (TPSA) is 0 Å². The van der Waals surface area contributed by atoms with Gasteiger partial charge in [-0.15, -0.1) is 0 Å². The standard InChI is InChI=1S/C14H17/c1-4-6-7-13-8-10-14(11-9-13)12(3)5-2/h8-12H,5-7H2,2-3H3. The average molecular weight is 185 g/mol. The summed E-state index contributed by atoms with van der Waals surface area (Å²) in [5.41, 5.74) is 2.71. The van der Waals surface area contributed by atoms with Crippen LogP contribution < -0.4 is 0 Å². The monoisotopic (exact) mass is 185 g/mol. The van der Waals surface area contributed by atoms with Crippen molar-refractivity contribution in [1.29, 1.82) is 0 Å². The zero-order valence-electron chi connectivity index (χ0n) is 9.01. The molecule has 0 aromatic heterocycles. The van der Waals surface area contributed by atoms with Crippen LogP contribution in [0.15, 0.2) is 24.3 Å². The van der Waals surface area contributed by atoms with E-state index in [1.807, 2.05) is 0 Å². The highest BCUT2D eigenvalue weighted by Gasteiger charge is 2.01. The minimum atomic E-state index is 0.651. The molecule has 0 bridgehead atoms. The van der Waals surface area contributed by atoms with Gasteiger partial charge >= 0.3 is 0 Å². The highest BCUT2D eigenvalue weighted by atomic mass is 14.1.